The highest BCUT2D eigenvalue weighted by molar-refractivity contribution is 5.65. The van der Waals surface area contributed by atoms with Crippen LogP contribution < -0.4 is 0 Å². The van der Waals surface area contributed by atoms with Crippen molar-refractivity contribution in [1.29, 1.82) is 0 Å². The van der Waals surface area contributed by atoms with Crippen molar-refractivity contribution in [2.75, 3.05) is 13.7 Å². The van der Waals surface area contributed by atoms with Gasteiger partial charge in [-0.1, -0.05) is 56.2 Å². The van der Waals surface area contributed by atoms with E-state index in [1.807, 2.05) is 12.1 Å². The summed E-state index contributed by atoms with van der Waals surface area (Å²) >= 11 is 0. The average Bonchev–Trinajstić information content (AvgIpc) is 2.81. The van der Waals surface area contributed by atoms with E-state index in [1.54, 1.807) is 7.11 Å². The van der Waals surface area contributed by atoms with E-state index in [-0.39, 0.29) is 5.82 Å². The van der Waals surface area contributed by atoms with E-state index in [4.69, 9.17) is 4.74 Å². The number of methoxy groups -OCH3 is 1. The molecule has 0 radical (unpaired) electrons. The normalized spacial score (nSPS) is 26.7. The third-order valence-corrected chi connectivity index (χ3v) is 7.95. The molecule has 0 aliphatic heterocycles. The molecule has 0 N–H and O–H groups in total. The first kappa shape index (κ1) is 22.5. The van der Waals surface area contributed by atoms with E-state index in [0.717, 1.165) is 29.6 Å². The molecule has 0 amide bonds. The van der Waals surface area contributed by atoms with E-state index in [0.29, 0.717) is 11.8 Å². The number of rotatable bonds is 7. The summed E-state index contributed by atoms with van der Waals surface area (Å²) < 4.78 is 20.4. The molecule has 0 saturated heterocycles. The summed E-state index contributed by atoms with van der Waals surface area (Å²) in [4.78, 5) is 0. The van der Waals surface area contributed by atoms with Crippen LogP contribution in [-0.2, 0) is 4.74 Å². The third-order valence-electron chi connectivity index (χ3n) is 7.95. The van der Waals surface area contributed by atoms with Gasteiger partial charge in [-0.3, -0.25) is 0 Å². The maximum Gasteiger partial charge on any atom is 0.131 e. The maximum atomic E-state index is 15.0. The van der Waals surface area contributed by atoms with E-state index in [9.17, 15) is 0 Å². The molecule has 2 fully saturated rings. The van der Waals surface area contributed by atoms with Gasteiger partial charge in [0.1, 0.15) is 5.82 Å². The highest BCUT2D eigenvalue weighted by Crippen LogP contribution is 2.39. The Balaban J connectivity index is 1.39. The predicted molar refractivity (Wildman–Crippen MR) is 128 cm³/mol. The van der Waals surface area contributed by atoms with E-state index < -0.39 is 0 Å². The molecule has 2 heteroatoms. The fourth-order valence-electron chi connectivity index (χ4n) is 6.05. The molecule has 2 aliphatic rings. The fourth-order valence-corrected chi connectivity index (χ4v) is 6.05. The van der Waals surface area contributed by atoms with Crippen molar-refractivity contribution in [3.63, 3.8) is 0 Å². The second kappa shape index (κ2) is 10.8. The van der Waals surface area contributed by atoms with Gasteiger partial charge in [0, 0.05) is 19.3 Å². The van der Waals surface area contributed by atoms with Crippen molar-refractivity contribution in [1.82, 2.24) is 0 Å². The van der Waals surface area contributed by atoms with Gasteiger partial charge in [0.25, 0.3) is 0 Å². The molecular formula is C29H39FO. The van der Waals surface area contributed by atoms with Crippen molar-refractivity contribution in [3.05, 3.63) is 59.4 Å². The Labute approximate surface area is 188 Å². The first-order chi connectivity index (χ1) is 15.2. The summed E-state index contributed by atoms with van der Waals surface area (Å²) in [6.07, 6.45) is 12.6. The Kier molecular flexibility index (Phi) is 7.82. The minimum Gasteiger partial charge on any atom is -0.384 e. The molecule has 4 rings (SSSR count). The van der Waals surface area contributed by atoms with Gasteiger partial charge in [-0.05, 0) is 97.8 Å². The monoisotopic (exact) mass is 422 g/mol. The van der Waals surface area contributed by atoms with Gasteiger partial charge in [-0.2, -0.15) is 0 Å². The zero-order valence-corrected chi connectivity index (χ0v) is 19.4. The van der Waals surface area contributed by atoms with Crippen molar-refractivity contribution in [3.8, 4) is 11.1 Å². The lowest BCUT2D eigenvalue weighted by molar-refractivity contribution is 0.127. The second-order valence-electron chi connectivity index (χ2n) is 10.0. The summed E-state index contributed by atoms with van der Waals surface area (Å²) in [7, 11) is 1.80. The zero-order valence-electron chi connectivity index (χ0n) is 19.4. The van der Waals surface area contributed by atoms with Crippen LogP contribution in [0.25, 0.3) is 11.1 Å². The minimum absolute atomic E-state index is 0.0685. The minimum atomic E-state index is -0.0685. The second-order valence-corrected chi connectivity index (χ2v) is 10.0. The highest BCUT2D eigenvalue weighted by atomic mass is 19.1. The first-order valence-corrected chi connectivity index (χ1v) is 12.6. The van der Waals surface area contributed by atoms with Gasteiger partial charge < -0.3 is 4.74 Å². The van der Waals surface area contributed by atoms with Crippen molar-refractivity contribution < 1.29 is 9.13 Å². The lowest BCUT2D eigenvalue weighted by Gasteiger charge is -2.29. The Morgan fingerprint density at radius 1 is 0.774 bits per heavy atom. The average molecular weight is 423 g/mol. The predicted octanol–water partition coefficient (Wildman–Crippen LogP) is 8.49. The molecule has 2 saturated carbocycles. The van der Waals surface area contributed by atoms with E-state index in [1.165, 1.54) is 75.3 Å². The largest absolute Gasteiger partial charge is 0.384 e. The topological polar surface area (TPSA) is 9.23 Å². The molecule has 0 unspecified atom stereocenters. The van der Waals surface area contributed by atoms with E-state index in [2.05, 4.69) is 37.3 Å². The summed E-state index contributed by atoms with van der Waals surface area (Å²) in [5.74, 6) is 2.71. The van der Waals surface area contributed by atoms with Gasteiger partial charge in [-0.15, -0.1) is 0 Å². The number of ether oxygens (including phenoxy) is 1. The van der Waals surface area contributed by atoms with Crippen LogP contribution in [0.4, 0.5) is 4.39 Å². The number of hydrogen-bond donors (Lipinski definition) is 0. The van der Waals surface area contributed by atoms with Crippen LogP contribution in [0.3, 0.4) is 0 Å². The van der Waals surface area contributed by atoms with Crippen molar-refractivity contribution in [2.45, 2.75) is 83.0 Å². The lowest BCUT2D eigenvalue weighted by atomic mass is 9.77. The summed E-state index contributed by atoms with van der Waals surface area (Å²) in [5.41, 5.74) is 4.33. The van der Waals surface area contributed by atoms with Gasteiger partial charge in [0.2, 0.25) is 0 Å². The highest BCUT2D eigenvalue weighted by Gasteiger charge is 2.24. The molecule has 0 spiro atoms. The van der Waals surface area contributed by atoms with Gasteiger partial charge in [-0.25, -0.2) is 4.39 Å². The Morgan fingerprint density at radius 3 is 1.94 bits per heavy atom. The molecular weight excluding hydrogens is 383 g/mol. The number of hydrogen-bond acceptors (Lipinski definition) is 1. The Morgan fingerprint density at radius 2 is 1.35 bits per heavy atom. The molecule has 2 aromatic rings. The molecule has 0 bridgehead atoms. The van der Waals surface area contributed by atoms with Crippen molar-refractivity contribution in [2.24, 2.45) is 11.8 Å². The molecule has 0 atom stereocenters. The number of halogens is 1. The van der Waals surface area contributed by atoms with Crippen LogP contribution in [0.15, 0.2) is 42.5 Å². The summed E-state index contributed by atoms with van der Waals surface area (Å²) in [6.45, 7) is 3.17. The molecule has 2 aliphatic carbocycles. The van der Waals surface area contributed by atoms with Crippen LogP contribution in [0, 0.1) is 17.7 Å². The Hall–Kier alpha value is -1.67. The third kappa shape index (κ3) is 5.58. The van der Waals surface area contributed by atoms with Crippen LogP contribution in [0.1, 0.15) is 94.1 Å². The van der Waals surface area contributed by atoms with Crippen LogP contribution in [0.5, 0.6) is 0 Å². The Bertz CT molecular complexity index is 811. The van der Waals surface area contributed by atoms with Crippen LogP contribution in [0.2, 0.25) is 0 Å². The van der Waals surface area contributed by atoms with Crippen LogP contribution >= 0.6 is 0 Å². The zero-order chi connectivity index (χ0) is 21.6. The molecule has 0 aromatic heterocycles. The fraction of sp³-hybridized carbons (Fsp3) is 0.586. The van der Waals surface area contributed by atoms with Crippen LogP contribution in [-0.4, -0.2) is 13.7 Å². The maximum absolute atomic E-state index is 15.0. The lowest BCUT2D eigenvalue weighted by Crippen LogP contribution is -2.17. The van der Waals surface area contributed by atoms with Gasteiger partial charge in [0.15, 0.2) is 0 Å². The summed E-state index contributed by atoms with van der Waals surface area (Å²) in [6, 6.07) is 14.7. The number of benzene rings is 2. The molecule has 0 heterocycles. The van der Waals surface area contributed by atoms with Gasteiger partial charge in [0.05, 0.1) is 0 Å². The first-order valence-electron chi connectivity index (χ1n) is 12.6. The smallest absolute Gasteiger partial charge is 0.131 e. The SMILES string of the molecule is CCCC1CCC(c2ccc(-c3ccc(C4CCC(COC)CC4)cc3)c(F)c2)CC1. The standard InChI is InChI=1S/C29H39FO/c1-3-4-21-5-9-25(10-6-21)27-17-18-28(29(30)19-27)26-15-13-24(14-16-26)23-11-7-22(8-12-23)20-31-2/h13-19,21-23,25H,3-12,20H2,1-2H3. The van der Waals surface area contributed by atoms with Crippen molar-refractivity contribution >= 4 is 0 Å². The molecule has 1 nitrogen and oxygen atoms in total. The van der Waals surface area contributed by atoms with E-state index >= 15 is 4.39 Å². The molecule has 2 aromatic carbocycles. The molecule has 31 heavy (non-hydrogen) atoms. The summed E-state index contributed by atoms with van der Waals surface area (Å²) in [5, 5.41) is 0. The molecule has 168 valence electrons. The van der Waals surface area contributed by atoms with Gasteiger partial charge >= 0.3 is 0 Å². The quantitative estimate of drug-likeness (QED) is 0.434.